The van der Waals surface area contributed by atoms with Crippen LogP contribution in [0.25, 0.3) is 0 Å². The molecule has 0 fully saturated rings. The Labute approximate surface area is 128 Å². The lowest BCUT2D eigenvalue weighted by Gasteiger charge is -2.13. The number of thioether (sulfide) groups is 1. The number of hydrogen-bond donors (Lipinski definition) is 1. The summed E-state index contributed by atoms with van der Waals surface area (Å²) in [5.74, 6) is -0.00844. The molecule has 2 aromatic carbocycles. The van der Waals surface area contributed by atoms with Crippen LogP contribution < -0.4 is 5.32 Å². The second-order valence-electron chi connectivity index (χ2n) is 4.64. The molecule has 3 nitrogen and oxygen atoms in total. The molecule has 0 heterocycles. The molecule has 0 aliphatic heterocycles. The van der Waals surface area contributed by atoms with Crippen molar-refractivity contribution in [2.24, 2.45) is 0 Å². The first-order valence-electron chi connectivity index (χ1n) is 6.73. The molecule has 0 bridgehead atoms. The molecule has 0 aliphatic rings. The van der Waals surface area contributed by atoms with Gasteiger partial charge in [-0.3, -0.25) is 9.59 Å². The number of carbonyl (C=O) groups excluding carboxylic acids is 2. The topological polar surface area (TPSA) is 46.2 Å². The zero-order chi connectivity index (χ0) is 15.1. The summed E-state index contributed by atoms with van der Waals surface area (Å²) in [5, 5.41) is 2.81. The Kier molecular flexibility index (Phi) is 5.58. The molecule has 0 radical (unpaired) electrons. The monoisotopic (exact) mass is 299 g/mol. The number of benzene rings is 2. The summed E-state index contributed by atoms with van der Waals surface area (Å²) < 4.78 is 0. The van der Waals surface area contributed by atoms with E-state index in [1.807, 2.05) is 55.5 Å². The van der Waals surface area contributed by atoms with Crippen molar-refractivity contribution in [2.45, 2.75) is 13.0 Å². The first-order valence-corrected chi connectivity index (χ1v) is 7.72. The van der Waals surface area contributed by atoms with E-state index in [4.69, 9.17) is 0 Å². The molecule has 0 saturated heterocycles. The van der Waals surface area contributed by atoms with E-state index in [0.717, 1.165) is 17.3 Å². The highest BCUT2D eigenvalue weighted by molar-refractivity contribution is 8.14. The summed E-state index contributed by atoms with van der Waals surface area (Å²) in [4.78, 5) is 23.8. The van der Waals surface area contributed by atoms with Crippen molar-refractivity contribution in [2.75, 3.05) is 5.75 Å². The third-order valence-electron chi connectivity index (χ3n) is 3.02. The lowest BCUT2D eigenvalue weighted by molar-refractivity contribution is -0.119. The van der Waals surface area contributed by atoms with Crippen LogP contribution in [0.15, 0.2) is 60.7 Å². The van der Waals surface area contributed by atoms with Crippen LogP contribution in [-0.2, 0) is 4.79 Å². The van der Waals surface area contributed by atoms with Gasteiger partial charge in [0.1, 0.15) is 0 Å². The van der Waals surface area contributed by atoms with Gasteiger partial charge in [0.05, 0.1) is 11.8 Å². The minimum atomic E-state index is -0.138. The van der Waals surface area contributed by atoms with Crippen LogP contribution in [0.2, 0.25) is 0 Å². The van der Waals surface area contributed by atoms with Gasteiger partial charge >= 0.3 is 0 Å². The Bertz CT molecular complexity index is 599. The third-order valence-corrected chi connectivity index (χ3v) is 3.93. The highest BCUT2D eigenvalue weighted by atomic mass is 32.2. The molecule has 0 unspecified atom stereocenters. The van der Waals surface area contributed by atoms with Crippen molar-refractivity contribution in [1.29, 1.82) is 0 Å². The summed E-state index contributed by atoms with van der Waals surface area (Å²) in [6.45, 7) is 1.93. The molecule has 2 rings (SSSR count). The Morgan fingerprint density at radius 2 is 1.57 bits per heavy atom. The van der Waals surface area contributed by atoms with Gasteiger partial charge in [0.25, 0.3) is 0 Å². The molecule has 21 heavy (non-hydrogen) atoms. The molecule has 0 aliphatic carbocycles. The molecule has 0 spiro atoms. The fourth-order valence-electron chi connectivity index (χ4n) is 1.90. The van der Waals surface area contributed by atoms with Crippen LogP contribution >= 0.6 is 11.8 Å². The van der Waals surface area contributed by atoms with Crippen LogP contribution in [0, 0.1) is 0 Å². The SMILES string of the molecule is C[C@@H](NC(=O)CSC(=O)c1ccccc1)c1ccccc1. The summed E-state index contributed by atoms with van der Waals surface area (Å²) in [6.07, 6.45) is 0. The minimum absolute atomic E-state index is 0.0638. The predicted octanol–water partition coefficient (Wildman–Crippen LogP) is 3.44. The number of hydrogen-bond acceptors (Lipinski definition) is 3. The van der Waals surface area contributed by atoms with Crippen LogP contribution in [0.5, 0.6) is 0 Å². The second kappa shape index (κ2) is 7.64. The maximum Gasteiger partial charge on any atom is 0.230 e. The first kappa shape index (κ1) is 15.3. The summed E-state index contributed by atoms with van der Waals surface area (Å²) >= 11 is 1.02. The lowest BCUT2D eigenvalue weighted by Crippen LogP contribution is -2.28. The van der Waals surface area contributed by atoms with E-state index in [1.165, 1.54) is 0 Å². The standard InChI is InChI=1S/C17H17NO2S/c1-13(14-8-4-2-5-9-14)18-16(19)12-21-17(20)15-10-6-3-7-11-15/h2-11,13H,12H2,1H3,(H,18,19)/t13-/m1/s1. The summed E-state index contributed by atoms with van der Waals surface area (Å²) in [5.41, 5.74) is 1.66. The van der Waals surface area contributed by atoms with E-state index in [0.29, 0.717) is 5.56 Å². The zero-order valence-corrected chi connectivity index (χ0v) is 12.6. The number of carbonyl (C=O) groups is 2. The van der Waals surface area contributed by atoms with E-state index in [2.05, 4.69) is 5.32 Å². The highest BCUT2D eigenvalue weighted by Gasteiger charge is 2.12. The normalized spacial score (nSPS) is 11.7. The average Bonchev–Trinajstić information content (AvgIpc) is 2.54. The molecule has 0 aromatic heterocycles. The van der Waals surface area contributed by atoms with Gasteiger partial charge in [-0.15, -0.1) is 0 Å². The molecule has 1 amide bonds. The lowest BCUT2D eigenvalue weighted by atomic mass is 10.1. The van der Waals surface area contributed by atoms with Crippen molar-refractivity contribution in [3.05, 3.63) is 71.8 Å². The van der Waals surface area contributed by atoms with Gasteiger partial charge in [0.15, 0.2) is 0 Å². The highest BCUT2D eigenvalue weighted by Crippen LogP contribution is 2.14. The molecule has 0 saturated carbocycles. The third kappa shape index (κ3) is 4.76. The Hall–Kier alpha value is -2.07. The van der Waals surface area contributed by atoms with E-state index in [9.17, 15) is 9.59 Å². The fraction of sp³-hybridized carbons (Fsp3) is 0.176. The Balaban J connectivity index is 1.81. The molecule has 1 N–H and O–H groups in total. The molecular formula is C17H17NO2S. The molecule has 4 heteroatoms. The van der Waals surface area contributed by atoms with Gasteiger partial charge in [-0.05, 0) is 12.5 Å². The molecular weight excluding hydrogens is 282 g/mol. The van der Waals surface area contributed by atoms with Crippen molar-refractivity contribution in [3.63, 3.8) is 0 Å². The van der Waals surface area contributed by atoms with Gasteiger partial charge in [-0.25, -0.2) is 0 Å². The van der Waals surface area contributed by atoms with E-state index in [1.54, 1.807) is 12.1 Å². The predicted molar refractivity (Wildman–Crippen MR) is 86.2 cm³/mol. The van der Waals surface area contributed by atoms with E-state index < -0.39 is 0 Å². The van der Waals surface area contributed by atoms with Crippen molar-refractivity contribution in [1.82, 2.24) is 5.32 Å². The zero-order valence-electron chi connectivity index (χ0n) is 11.8. The van der Waals surface area contributed by atoms with Gasteiger partial charge in [-0.2, -0.15) is 0 Å². The fourth-order valence-corrected chi connectivity index (χ4v) is 2.55. The largest absolute Gasteiger partial charge is 0.349 e. The first-order chi connectivity index (χ1) is 10.2. The van der Waals surface area contributed by atoms with Crippen molar-refractivity contribution in [3.8, 4) is 0 Å². The van der Waals surface area contributed by atoms with Gasteiger partial charge < -0.3 is 5.32 Å². The van der Waals surface area contributed by atoms with Gasteiger partial charge in [-0.1, -0.05) is 72.4 Å². The quantitative estimate of drug-likeness (QED) is 0.920. The molecule has 1 atom stereocenters. The van der Waals surface area contributed by atoms with E-state index in [-0.39, 0.29) is 22.8 Å². The molecule has 108 valence electrons. The minimum Gasteiger partial charge on any atom is -0.349 e. The van der Waals surface area contributed by atoms with E-state index >= 15 is 0 Å². The Morgan fingerprint density at radius 3 is 2.19 bits per heavy atom. The van der Waals surface area contributed by atoms with Crippen LogP contribution in [-0.4, -0.2) is 16.8 Å². The van der Waals surface area contributed by atoms with Crippen molar-refractivity contribution >= 4 is 22.8 Å². The van der Waals surface area contributed by atoms with Crippen molar-refractivity contribution < 1.29 is 9.59 Å². The summed E-state index contributed by atoms with van der Waals surface area (Å²) in [7, 11) is 0. The maximum atomic E-state index is 11.9. The number of amides is 1. The smallest absolute Gasteiger partial charge is 0.230 e. The van der Waals surface area contributed by atoms with Crippen LogP contribution in [0.3, 0.4) is 0 Å². The van der Waals surface area contributed by atoms with Gasteiger partial charge in [0.2, 0.25) is 11.0 Å². The van der Waals surface area contributed by atoms with Crippen LogP contribution in [0.1, 0.15) is 28.9 Å². The maximum absolute atomic E-state index is 11.9. The van der Waals surface area contributed by atoms with Crippen LogP contribution in [0.4, 0.5) is 0 Å². The second-order valence-corrected chi connectivity index (χ2v) is 5.59. The Morgan fingerprint density at radius 1 is 1.00 bits per heavy atom. The molecule has 2 aromatic rings. The van der Waals surface area contributed by atoms with Gasteiger partial charge in [0, 0.05) is 5.56 Å². The number of rotatable bonds is 5. The average molecular weight is 299 g/mol. The number of nitrogens with one attached hydrogen (secondary N) is 1. The summed E-state index contributed by atoms with van der Waals surface area (Å²) in [6, 6.07) is 18.7.